The molecule has 2 N–H and O–H groups in total. The van der Waals surface area contributed by atoms with E-state index in [2.05, 4.69) is 20.6 Å². The lowest BCUT2D eigenvalue weighted by Gasteiger charge is -2.13. The topological polar surface area (TPSA) is 80.0 Å². The number of urea groups is 1. The van der Waals surface area contributed by atoms with Crippen LogP contribution in [-0.2, 0) is 0 Å². The lowest BCUT2D eigenvalue weighted by Crippen LogP contribution is -2.32. The molecular weight excluding hydrogens is 324 g/mol. The molecule has 2 aromatic heterocycles. The number of hydrogen-bond acceptors (Lipinski definition) is 5. The van der Waals surface area contributed by atoms with Crippen molar-refractivity contribution in [3.8, 4) is 11.5 Å². The molecule has 0 radical (unpaired) electrons. The standard InChI is InChI=1S/C17H18N4O2S/c1-11-3-4-13(15-18-5-7-23-15)9-14(11)21-17(22)20-10-12(2)16-19-6-8-24-16/h3-9,12H,10H2,1-2H3,(H2,20,21,22). The first-order valence-corrected chi connectivity index (χ1v) is 8.46. The average Bonchev–Trinajstić information content (AvgIpc) is 3.28. The number of aromatic nitrogens is 2. The van der Waals surface area contributed by atoms with Gasteiger partial charge < -0.3 is 15.1 Å². The number of anilines is 1. The molecule has 1 aromatic carbocycles. The van der Waals surface area contributed by atoms with Crippen molar-refractivity contribution in [2.24, 2.45) is 0 Å². The molecule has 7 heteroatoms. The third kappa shape index (κ3) is 3.80. The maximum atomic E-state index is 12.2. The first-order chi connectivity index (χ1) is 11.6. The highest BCUT2D eigenvalue weighted by atomic mass is 32.1. The summed E-state index contributed by atoms with van der Waals surface area (Å²) in [5, 5.41) is 8.70. The van der Waals surface area contributed by atoms with Crippen LogP contribution in [0.3, 0.4) is 0 Å². The van der Waals surface area contributed by atoms with Gasteiger partial charge in [0.05, 0.1) is 11.2 Å². The fourth-order valence-corrected chi connectivity index (χ4v) is 2.93. The minimum atomic E-state index is -0.244. The van der Waals surface area contributed by atoms with Crippen LogP contribution in [0.5, 0.6) is 0 Å². The summed E-state index contributed by atoms with van der Waals surface area (Å²) in [6.45, 7) is 4.50. The summed E-state index contributed by atoms with van der Waals surface area (Å²) in [6.07, 6.45) is 4.89. The maximum Gasteiger partial charge on any atom is 0.319 e. The summed E-state index contributed by atoms with van der Waals surface area (Å²) < 4.78 is 5.29. The molecular formula is C17H18N4O2S. The van der Waals surface area contributed by atoms with Gasteiger partial charge in [-0.05, 0) is 24.6 Å². The van der Waals surface area contributed by atoms with E-state index in [1.165, 1.54) is 6.26 Å². The number of carbonyl (C=O) groups excluding carboxylic acids is 1. The Morgan fingerprint density at radius 3 is 2.92 bits per heavy atom. The normalized spacial score (nSPS) is 11.9. The van der Waals surface area contributed by atoms with Crippen LogP contribution >= 0.6 is 11.3 Å². The molecule has 0 spiro atoms. The van der Waals surface area contributed by atoms with E-state index in [0.29, 0.717) is 12.4 Å². The Morgan fingerprint density at radius 1 is 1.33 bits per heavy atom. The second-order valence-electron chi connectivity index (χ2n) is 5.47. The number of rotatable bonds is 5. The summed E-state index contributed by atoms with van der Waals surface area (Å²) in [5.41, 5.74) is 2.51. The monoisotopic (exact) mass is 342 g/mol. The second-order valence-corrected chi connectivity index (χ2v) is 6.40. The van der Waals surface area contributed by atoms with Gasteiger partial charge in [0.15, 0.2) is 0 Å². The largest absolute Gasteiger partial charge is 0.445 e. The van der Waals surface area contributed by atoms with Gasteiger partial charge >= 0.3 is 6.03 Å². The van der Waals surface area contributed by atoms with Crippen LogP contribution in [0.2, 0.25) is 0 Å². The molecule has 0 aliphatic heterocycles. The van der Waals surface area contributed by atoms with Crippen LogP contribution in [-0.4, -0.2) is 22.5 Å². The van der Waals surface area contributed by atoms with Crippen molar-refractivity contribution in [2.75, 3.05) is 11.9 Å². The minimum Gasteiger partial charge on any atom is -0.445 e. The van der Waals surface area contributed by atoms with Crippen molar-refractivity contribution < 1.29 is 9.21 Å². The number of hydrogen-bond donors (Lipinski definition) is 2. The van der Waals surface area contributed by atoms with Gasteiger partial charge in [0.25, 0.3) is 0 Å². The summed E-state index contributed by atoms with van der Waals surface area (Å²) >= 11 is 1.59. The Hall–Kier alpha value is -2.67. The van der Waals surface area contributed by atoms with Gasteiger partial charge in [-0.15, -0.1) is 11.3 Å². The Balaban J connectivity index is 1.62. The molecule has 124 valence electrons. The molecule has 0 saturated carbocycles. The highest BCUT2D eigenvalue weighted by molar-refractivity contribution is 7.09. The van der Waals surface area contributed by atoms with Crippen molar-refractivity contribution >= 4 is 23.1 Å². The van der Waals surface area contributed by atoms with Gasteiger partial charge in [0.1, 0.15) is 6.26 Å². The van der Waals surface area contributed by atoms with Gasteiger partial charge in [0, 0.05) is 35.3 Å². The number of thiazole rings is 1. The van der Waals surface area contributed by atoms with E-state index in [1.807, 2.05) is 37.4 Å². The Bertz CT molecular complexity index is 800. The van der Waals surface area contributed by atoms with Gasteiger partial charge in [-0.2, -0.15) is 0 Å². The number of aryl methyl sites for hydroxylation is 1. The molecule has 0 aliphatic carbocycles. The van der Waals surface area contributed by atoms with Crippen LogP contribution in [0.4, 0.5) is 10.5 Å². The van der Waals surface area contributed by atoms with Crippen molar-refractivity contribution in [1.82, 2.24) is 15.3 Å². The highest BCUT2D eigenvalue weighted by Gasteiger charge is 2.12. The Morgan fingerprint density at radius 2 is 2.21 bits per heavy atom. The summed E-state index contributed by atoms with van der Waals surface area (Å²) in [6, 6.07) is 5.44. The van der Waals surface area contributed by atoms with E-state index in [9.17, 15) is 4.79 Å². The van der Waals surface area contributed by atoms with E-state index in [-0.39, 0.29) is 11.9 Å². The van der Waals surface area contributed by atoms with E-state index < -0.39 is 0 Å². The lowest BCUT2D eigenvalue weighted by atomic mass is 10.1. The SMILES string of the molecule is Cc1ccc(-c2ncco2)cc1NC(=O)NCC(C)c1nccs1. The molecule has 1 atom stereocenters. The second kappa shape index (κ2) is 7.27. The van der Waals surface area contributed by atoms with Crippen molar-refractivity contribution in [2.45, 2.75) is 19.8 Å². The molecule has 2 amide bonds. The third-order valence-electron chi connectivity index (χ3n) is 3.61. The predicted octanol–water partition coefficient (Wildman–Crippen LogP) is 4.03. The number of oxazole rings is 1. The fourth-order valence-electron chi connectivity index (χ4n) is 2.23. The van der Waals surface area contributed by atoms with Gasteiger partial charge in [-0.25, -0.2) is 14.8 Å². The van der Waals surface area contributed by atoms with Gasteiger partial charge in [0.2, 0.25) is 5.89 Å². The molecule has 2 heterocycles. The van der Waals surface area contributed by atoms with Gasteiger partial charge in [-0.1, -0.05) is 13.0 Å². The van der Waals surface area contributed by atoms with Crippen LogP contribution in [0.25, 0.3) is 11.5 Å². The molecule has 0 bridgehead atoms. The van der Waals surface area contributed by atoms with Crippen molar-refractivity contribution in [1.29, 1.82) is 0 Å². The fraction of sp³-hybridized carbons (Fsp3) is 0.235. The predicted molar refractivity (Wildman–Crippen MR) is 94.2 cm³/mol. The lowest BCUT2D eigenvalue weighted by molar-refractivity contribution is 0.251. The summed E-state index contributed by atoms with van der Waals surface area (Å²) in [5.74, 6) is 0.700. The number of carbonyl (C=O) groups is 1. The third-order valence-corrected chi connectivity index (χ3v) is 4.61. The van der Waals surface area contributed by atoms with Crippen LogP contribution in [0, 0.1) is 6.92 Å². The van der Waals surface area contributed by atoms with E-state index in [0.717, 1.165) is 21.8 Å². The molecule has 0 fully saturated rings. The maximum absolute atomic E-state index is 12.2. The van der Waals surface area contributed by atoms with E-state index in [4.69, 9.17) is 4.42 Å². The summed E-state index contributed by atoms with van der Waals surface area (Å²) in [7, 11) is 0. The molecule has 0 aliphatic rings. The molecule has 3 rings (SSSR count). The summed E-state index contributed by atoms with van der Waals surface area (Å²) in [4.78, 5) is 20.5. The van der Waals surface area contributed by atoms with E-state index in [1.54, 1.807) is 23.7 Å². The van der Waals surface area contributed by atoms with Crippen LogP contribution in [0.1, 0.15) is 23.4 Å². The average molecular weight is 342 g/mol. The molecule has 1 unspecified atom stereocenters. The quantitative estimate of drug-likeness (QED) is 0.733. The number of amides is 2. The number of benzene rings is 1. The zero-order valence-corrected chi connectivity index (χ0v) is 14.3. The molecule has 24 heavy (non-hydrogen) atoms. The zero-order valence-electron chi connectivity index (χ0n) is 13.4. The van der Waals surface area contributed by atoms with Crippen molar-refractivity contribution in [3.05, 3.63) is 52.8 Å². The van der Waals surface area contributed by atoms with Crippen molar-refractivity contribution in [3.63, 3.8) is 0 Å². The van der Waals surface area contributed by atoms with Crippen LogP contribution in [0.15, 0.2) is 46.7 Å². The Labute approximate surface area is 144 Å². The van der Waals surface area contributed by atoms with E-state index >= 15 is 0 Å². The zero-order chi connectivity index (χ0) is 16.9. The first-order valence-electron chi connectivity index (χ1n) is 7.58. The Kier molecular flexibility index (Phi) is 4.90. The van der Waals surface area contributed by atoms with Gasteiger partial charge in [-0.3, -0.25) is 0 Å². The highest BCUT2D eigenvalue weighted by Crippen LogP contribution is 2.24. The molecule has 3 aromatic rings. The number of nitrogens with zero attached hydrogens (tertiary/aromatic N) is 2. The molecule has 6 nitrogen and oxygen atoms in total. The smallest absolute Gasteiger partial charge is 0.319 e. The first kappa shape index (κ1) is 16.2. The molecule has 0 saturated heterocycles. The number of nitrogens with one attached hydrogen (secondary N) is 2. The minimum absolute atomic E-state index is 0.176. The van der Waals surface area contributed by atoms with Crippen LogP contribution < -0.4 is 10.6 Å².